The molecule has 1 amide bonds. The lowest BCUT2D eigenvalue weighted by Gasteiger charge is -2.14. The summed E-state index contributed by atoms with van der Waals surface area (Å²) in [5.74, 6) is 0.507. The standard InChI is InChI=1S/C29H26ClNO2/c30-28-16-8-7-15-26(28)25-18-17-24(33-21-23-12-5-2-6-13-23)20-27(25)29(32)31-19-9-14-22-10-3-1-4-11-22/h1-8,10-13,15-18,20H,9,14,19,21H2,(H,31,32). The molecule has 0 saturated heterocycles. The molecule has 0 aliphatic heterocycles. The summed E-state index contributed by atoms with van der Waals surface area (Å²) in [6, 6.07) is 33.4. The summed E-state index contributed by atoms with van der Waals surface area (Å²) in [5, 5.41) is 3.67. The van der Waals surface area contributed by atoms with E-state index >= 15 is 0 Å². The molecule has 1 N–H and O–H groups in total. The summed E-state index contributed by atoms with van der Waals surface area (Å²) in [4.78, 5) is 13.2. The lowest BCUT2D eigenvalue weighted by molar-refractivity contribution is 0.0953. The average Bonchev–Trinajstić information content (AvgIpc) is 2.87. The number of halogens is 1. The van der Waals surface area contributed by atoms with Crippen molar-refractivity contribution in [3.05, 3.63) is 125 Å². The molecule has 0 bridgehead atoms. The van der Waals surface area contributed by atoms with Crippen molar-refractivity contribution in [2.75, 3.05) is 6.54 Å². The maximum Gasteiger partial charge on any atom is 0.252 e. The highest BCUT2D eigenvalue weighted by Crippen LogP contribution is 2.32. The van der Waals surface area contributed by atoms with Gasteiger partial charge >= 0.3 is 0 Å². The van der Waals surface area contributed by atoms with E-state index in [0.717, 1.165) is 29.5 Å². The lowest BCUT2D eigenvalue weighted by atomic mass is 9.98. The number of rotatable bonds is 9. The number of amides is 1. The Hall–Kier alpha value is -3.56. The number of nitrogens with one attached hydrogen (secondary N) is 1. The maximum atomic E-state index is 13.2. The molecular formula is C29H26ClNO2. The van der Waals surface area contributed by atoms with Crippen molar-refractivity contribution in [1.82, 2.24) is 5.32 Å². The molecule has 0 aromatic heterocycles. The molecule has 4 aromatic carbocycles. The Morgan fingerprint density at radius 1 is 0.758 bits per heavy atom. The van der Waals surface area contributed by atoms with Gasteiger partial charge in [0.2, 0.25) is 0 Å². The molecule has 0 saturated carbocycles. The van der Waals surface area contributed by atoms with Crippen LogP contribution in [0, 0.1) is 0 Å². The Labute approximate surface area is 200 Å². The van der Waals surface area contributed by atoms with Crippen LogP contribution in [0.3, 0.4) is 0 Å². The minimum absolute atomic E-state index is 0.136. The molecule has 0 aliphatic rings. The van der Waals surface area contributed by atoms with Gasteiger partial charge in [0.15, 0.2) is 0 Å². The van der Waals surface area contributed by atoms with E-state index in [0.29, 0.717) is 29.5 Å². The van der Waals surface area contributed by atoms with Gasteiger partial charge in [-0.2, -0.15) is 0 Å². The first kappa shape index (κ1) is 22.6. The van der Waals surface area contributed by atoms with Gasteiger partial charge in [-0.25, -0.2) is 0 Å². The smallest absolute Gasteiger partial charge is 0.252 e. The van der Waals surface area contributed by atoms with Gasteiger partial charge in [0.1, 0.15) is 12.4 Å². The van der Waals surface area contributed by atoms with Crippen molar-refractivity contribution in [3.63, 3.8) is 0 Å². The Morgan fingerprint density at radius 2 is 1.42 bits per heavy atom. The zero-order valence-electron chi connectivity index (χ0n) is 18.3. The van der Waals surface area contributed by atoms with Crippen LogP contribution in [0.1, 0.15) is 27.9 Å². The zero-order valence-corrected chi connectivity index (χ0v) is 19.1. The number of carbonyl (C=O) groups excluding carboxylic acids is 1. The van der Waals surface area contributed by atoms with Crippen LogP contribution in [-0.2, 0) is 13.0 Å². The second kappa shape index (κ2) is 11.3. The van der Waals surface area contributed by atoms with Gasteiger partial charge in [-0.1, -0.05) is 90.5 Å². The first-order valence-corrected chi connectivity index (χ1v) is 11.5. The van der Waals surface area contributed by atoms with Crippen molar-refractivity contribution >= 4 is 17.5 Å². The highest BCUT2D eigenvalue weighted by Gasteiger charge is 2.16. The molecule has 33 heavy (non-hydrogen) atoms. The summed E-state index contributed by atoms with van der Waals surface area (Å²) in [7, 11) is 0. The van der Waals surface area contributed by atoms with E-state index in [1.54, 1.807) is 6.07 Å². The maximum absolute atomic E-state index is 13.2. The lowest BCUT2D eigenvalue weighted by Crippen LogP contribution is -2.25. The molecule has 0 atom stereocenters. The fourth-order valence-electron chi connectivity index (χ4n) is 3.69. The molecule has 0 heterocycles. The Bertz CT molecular complexity index is 1190. The Morgan fingerprint density at radius 3 is 2.15 bits per heavy atom. The van der Waals surface area contributed by atoms with Crippen LogP contribution in [0.15, 0.2) is 103 Å². The molecule has 0 radical (unpaired) electrons. The second-order valence-corrected chi connectivity index (χ2v) is 8.21. The number of benzene rings is 4. The van der Waals surface area contributed by atoms with Gasteiger partial charge < -0.3 is 10.1 Å². The van der Waals surface area contributed by atoms with Gasteiger partial charge in [-0.05, 0) is 53.8 Å². The van der Waals surface area contributed by atoms with Crippen LogP contribution < -0.4 is 10.1 Å². The third-order valence-corrected chi connectivity index (χ3v) is 5.75. The fourth-order valence-corrected chi connectivity index (χ4v) is 3.93. The van der Waals surface area contributed by atoms with Crippen molar-refractivity contribution in [2.45, 2.75) is 19.4 Å². The second-order valence-electron chi connectivity index (χ2n) is 7.81. The fraction of sp³-hybridized carbons (Fsp3) is 0.138. The van der Waals surface area contributed by atoms with Gasteiger partial charge in [-0.3, -0.25) is 4.79 Å². The van der Waals surface area contributed by atoms with Crippen LogP contribution in [0.4, 0.5) is 0 Å². The molecule has 0 unspecified atom stereocenters. The first-order valence-electron chi connectivity index (χ1n) is 11.1. The molecule has 4 rings (SSSR count). The number of aryl methyl sites for hydroxylation is 1. The first-order chi connectivity index (χ1) is 16.2. The molecule has 166 valence electrons. The minimum atomic E-state index is -0.136. The van der Waals surface area contributed by atoms with E-state index in [-0.39, 0.29) is 5.91 Å². The van der Waals surface area contributed by atoms with E-state index < -0.39 is 0 Å². The quantitative estimate of drug-likeness (QED) is 0.277. The van der Waals surface area contributed by atoms with Crippen molar-refractivity contribution in [1.29, 1.82) is 0 Å². The van der Waals surface area contributed by atoms with Crippen LogP contribution in [-0.4, -0.2) is 12.5 Å². The molecule has 0 fully saturated rings. The highest BCUT2D eigenvalue weighted by molar-refractivity contribution is 6.33. The Kier molecular flexibility index (Phi) is 7.78. The molecule has 3 nitrogen and oxygen atoms in total. The summed E-state index contributed by atoms with van der Waals surface area (Å²) >= 11 is 6.45. The third-order valence-electron chi connectivity index (χ3n) is 5.42. The molecule has 0 spiro atoms. The summed E-state index contributed by atoms with van der Waals surface area (Å²) in [6.45, 7) is 1.02. The summed E-state index contributed by atoms with van der Waals surface area (Å²) in [6.07, 6.45) is 1.78. The number of hydrogen-bond acceptors (Lipinski definition) is 2. The van der Waals surface area contributed by atoms with Gasteiger partial charge in [-0.15, -0.1) is 0 Å². The van der Waals surface area contributed by atoms with Gasteiger partial charge in [0, 0.05) is 17.1 Å². The van der Waals surface area contributed by atoms with E-state index in [2.05, 4.69) is 17.4 Å². The number of carbonyl (C=O) groups is 1. The van der Waals surface area contributed by atoms with Crippen LogP contribution in [0.25, 0.3) is 11.1 Å². The predicted octanol–water partition coefficient (Wildman–Crippen LogP) is 6.95. The Balaban J connectivity index is 1.50. The summed E-state index contributed by atoms with van der Waals surface area (Å²) in [5.41, 5.74) is 4.49. The largest absolute Gasteiger partial charge is 0.489 e. The topological polar surface area (TPSA) is 38.3 Å². The average molecular weight is 456 g/mol. The molecule has 4 heteroatoms. The monoisotopic (exact) mass is 455 g/mol. The zero-order chi connectivity index (χ0) is 22.9. The van der Waals surface area contributed by atoms with E-state index in [9.17, 15) is 4.79 Å². The molecule has 4 aromatic rings. The highest BCUT2D eigenvalue weighted by atomic mass is 35.5. The number of ether oxygens (including phenoxy) is 1. The van der Waals surface area contributed by atoms with Crippen molar-refractivity contribution in [2.24, 2.45) is 0 Å². The van der Waals surface area contributed by atoms with Crippen molar-refractivity contribution in [3.8, 4) is 16.9 Å². The third kappa shape index (κ3) is 6.24. The van der Waals surface area contributed by atoms with Crippen LogP contribution in [0.2, 0.25) is 5.02 Å². The van der Waals surface area contributed by atoms with E-state index in [1.807, 2.05) is 84.9 Å². The van der Waals surface area contributed by atoms with Crippen molar-refractivity contribution < 1.29 is 9.53 Å². The van der Waals surface area contributed by atoms with E-state index in [1.165, 1.54) is 5.56 Å². The van der Waals surface area contributed by atoms with Gasteiger partial charge in [0.25, 0.3) is 5.91 Å². The molecular weight excluding hydrogens is 430 g/mol. The van der Waals surface area contributed by atoms with Crippen LogP contribution >= 0.6 is 11.6 Å². The van der Waals surface area contributed by atoms with E-state index in [4.69, 9.17) is 16.3 Å². The van der Waals surface area contributed by atoms with Crippen LogP contribution in [0.5, 0.6) is 5.75 Å². The summed E-state index contributed by atoms with van der Waals surface area (Å²) < 4.78 is 5.97. The predicted molar refractivity (Wildman–Crippen MR) is 135 cm³/mol. The SMILES string of the molecule is O=C(NCCCc1ccccc1)c1cc(OCc2ccccc2)ccc1-c1ccccc1Cl. The van der Waals surface area contributed by atoms with Gasteiger partial charge in [0.05, 0.1) is 5.56 Å². The number of hydrogen-bond donors (Lipinski definition) is 1. The normalized spacial score (nSPS) is 10.6. The molecule has 0 aliphatic carbocycles. The minimum Gasteiger partial charge on any atom is -0.489 e.